The molecule has 2 aliphatic heterocycles. The number of hydroxylamine groups is 2. The van der Waals surface area contributed by atoms with Crippen LogP contribution in [0.25, 0.3) is 5.69 Å². The fraction of sp³-hybridized carbons (Fsp3) is 0.438. The first-order valence-electron chi connectivity index (χ1n) is 15.8. The van der Waals surface area contributed by atoms with Crippen molar-refractivity contribution >= 4 is 41.2 Å². The first-order valence-corrected chi connectivity index (χ1v) is 16.6. The average molecular weight is 683 g/mol. The number of aromatic nitrogens is 2. The number of carbonyl (C=O) groups excluding carboxylic acids is 4. The van der Waals surface area contributed by atoms with Crippen LogP contribution in [0.15, 0.2) is 53.9 Å². The number of carboxylic acid groups (broad SMARTS) is 1. The zero-order chi connectivity index (χ0) is 34.0. The third-order valence-corrected chi connectivity index (χ3v) is 8.94. The molecule has 2 atom stereocenters. The molecule has 15 nitrogen and oxygen atoms in total. The summed E-state index contributed by atoms with van der Waals surface area (Å²) in [6.07, 6.45) is 0.403. The smallest absolute Gasteiger partial charge is 0.481 e. The highest BCUT2D eigenvalue weighted by Crippen LogP contribution is 2.34. The number of rotatable bonds is 13. The summed E-state index contributed by atoms with van der Waals surface area (Å²) in [7, 11) is 0. The van der Waals surface area contributed by atoms with Gasteiger partial charge in [-0.15, -0.1) is 16.4 Å². The van der Waals surface area contributed by atoms with Crippen molar-refractivity contribution in [2.24, 2.45) is 0 Å². The van der Waals surface area contributed by atoms with Crippen LogP contribution in [0.5, 0.6) is 5.88 Å². The number of amides is 3. The third-order valence-electron chi connectivity index (χ3n) is 7.96. The van der Waals surface area contributed by atoms with Gasteiger partial charge in [0.25, 0.3) is 11.8 Å². The molecule has 0 spiro atoms. The van der Waals surface area contributed by atoms with E-state index in [1.807, 2.05) is 28.5 Å². The Morgan fingerprint density at radius 3 is 2.50 bits per heavy atom. The first kappa shape index (κ1) is 34.4. The Labute approximate surface area is 280 Å². The van der Waals surface area contributed by atoms with E-state index >= 15 is 0 Å². The largest absolute Gasteiger partial charge is 0.527 e. The lowest BCUT2D eigenvalue weighted by molar-refractivity contribution is -0.157. The molecule has 2 aromatic heterocycles. The number of piperazine rings is 1. The van der Waals surface area contributed by atoms with E-state index in [1.165, 1.54) is 20.7 Å². The molecule has 1 aromatic carbocycles. The fourth-order valence-corrected chi connectivity index (χ4v) is 6.49. The normalized spacial score (nSPS) is 17.1. The van der Waals surface area contributed by atoms with Crippen molar-refractivity contribution in [2.45, 2.75) is 44.7 Å². The van der Waals surface area contributed by atoms with Crippen LogP contribution in [0.2, 0.25) is 0 Å². The van der Waals surface area contributed by atoms with Crippen molar-refractivity contribution < 1.29 is 43.4 Å². The molecule has 3 amide bonds. The van der Waals surface area contributed by atoms with Crippen LogP contribution in [-0.4, -0.2) is 112 Å². The van der Waals surface area contributed by atoms with Crippen molar-refractivity contribution in [1.29, 1.82) is 0 Å². The lowest BCUT2D eigenvalue weighted by Gasteiger charge is -2.35. The number of nitrogens with one attached hydrogen (secondary N) is 1. The maximum absolute atomic E-state index is 13.5. The highest BCUT2D eigenvalue weighted by molar-refractivity contribution is 7.10. The van der Waals surface area contributed by atoms with Crippen LogP contribution in [0.3, 0.4) is 0 Å². The Morgan fingerprint density at radius 1 is 1.04 bits per heavy atom. The molecule has 2 saturated heterocycles. The van der Waals surface area contributed by atoms with Gasteiger partial charge in [-0.1, -0.05) is 24.3 Å². The number of carboxylic acids is 1. The highest BCUT2D eigenvalue weighted by Gasteiger charge is 2.33. The number of ether oxygens (including phenoxy) is 2. The Balaban J connectivity index is 1.28. The van der Waals surface area contributed by atoms with Gasteiger partial charge in [0.2, 0.25) is 11.8 Å². The van der Waals surface area contributed by atoms with Crippen molar-refractivity contribution in [1.82, 2.24) is 30.0 Å². The van der Waals surface area contributed by atoms with Gasteiger partial charge in [-0.25, -0.2) is 9.48 Å². The Hall–Kier alpha value is -4.96. The van der Waals surface area contributed by atoms with E-state index in [-0.39, 0.29) is 75.8 Å². The summed E-state index contributed by atoms with van der Waals surface area (Å²) in [4.78, 5) is 72.9. The van der Waals surface area contributed by atoms with Gasteiger partial charge >= 0.3 is 12.1 Å². The molecule has 16 heteroatoms. The van der Waals surface area contributed by atoms with Crippen LogP contribution < -0.4 is 10.1 Å². The number of benzene rings is 1. The maximum atomic E-state index is 13.5. The van der Waals surface area contributed by atoms with Crippen LogP contribution in [0.4, 0.5) is 4.79 Å². The van der Waals surface area contributed by atoms with Gasteiger partial charge in [0, 0.05) is 37.0 Å². The minimum absolute atomic E-state index is 0.00480. The van der Waals surface area contributed by atoms with Crippen LogP contribution in [-0.2, 0) is 24.0 Å². The van der Waals surface area contributed by atoms with Gasteiger partial charge in [-0.2, -0.15) is 5.10 Å². The van der Waals surface area contributed by atoms with Gasteiger partial charge in [0.05, 0.1) is 31.4 Å². The average Bonchev–Trinajstić information content (AvgIpc) is 3.87. The Morgan fingerprint density at radius 2 is 1.81 bits per heavy atom. The second-order valence-corrected chi connectivity index (χ2v) is 12.1. The van der Waals surface area contributed by atoms with Crippen molar-refractivity contribution in [3.63, 3.8) is 0 Å². The summed E-state index contributed by atoms with van der Waals surface area (Å²) in [5, 5.41) is 19.8. The monoisotopic (exact) mass is 682 g/mol. The van der Waals surface area contributed by atoms with Crippen molar-refractivity contribution in [2.75, 3.05) is 45.9 Å². The predicted molar refractivity (Wildman–Crippen MR) is 171 cm³/mol. The molecule has 0 radical (unpaired) electrons. The lowest BCUT2D eigenvalue weighted by Crippen LogP contribution is -2.55. The number of thiophene rings is 1. The van der Waals surface area contributed by atoms with Gasteiger partial charge in [0.1, 0.15) is 6.04 Å². The van der Waals surface area contributed by atoms with Crippen LogP contribution >= 0.6 is 11.3 Å². The number of hydrogen-bond donors (Lipinski definition) is 2. The van der Waals surface area contributed by atoms with Crippen molar-refractivity contribution in [3.8, 4) is 11.6 Å². The van der Waals surface area contributed by atoms with E-state index in [2.05, 4.69) is 10.4 Å². The van der Waals surface area contributed by atoms with E-state index in [0.29, 0.717) is 12.2 Å². The van der Waals surface area contributed by atoms with E-state index in [9.17, 15) is 29.1 Å². The number of para-hydroxylation sites is 1. The predicted octanol–water partition coefficient (Wildman–Crippen LogP) is 2.87. The molecule has 2 N–H and O–H groups in total. The van der Waals surface area contributed by atoms with Gasteiger partial charge in [-0.3, -0.25) is 19.2 Å². The zero-order valence-corrected chi connectivity index (χ0v) is 27.3. The summed E-state index contributed by atoms with van der Waals surface area (Å²) in [5.41, 5.74) is 0.498. The summed E-state index contributed by atoms with van der Waals surface area (Å²) in [5.74, 6) is -2.35. The number of hydrogen-bond acceptors (Lipinski definition) is 11. The molecular weight excluding hydrogens is 644 g/mol. The minimum Gasteiger partial charge on any atom is -0.481 e. The molecule has 0 bridgehead atoms. The van der Waals surface area contributed by atoms with Crippen molar-refractivity contribution in [3.05, 3.63) is 64.5 Å². The van der Waals surface area contributed by atoms with Gasteiger partial charge in [-0.05, 0) is 49.8 Å². The molecule has 4 heterocycles. The molecule has 1 unspecified atom stereocenters. The molecule has 0 saturated carbocycles. The number of likely N-dealkylation sites (tertiary alicyclic amines) is 1. The number of carbonyl (C=O) groups is 5. The van der Waals surface area contributed by atoms with E-state index in [4.69, 9.17) is 14.3 Å². The second-order valence-electron chi connectivity index (χ2n) is 11.2. The summed E-state index contributed by atoms with van der Waals surface area (Å²) >= 11 is 1.61. The SMILES string of the molecule is CCOC(=O)ON1CCN(C(=O)C(CCC(=O)O)NC(=O)c2cc(OCC(=O)N3CCC[C@H]3c3cccs3)n(-c3ccccc3)n2)CC1. The summed E-state index contributed by atoms with van der Waals surface area (Å²) in [6, 6.07) is 13.1. The second kappa shape index (κ2) is 16.2. The van der Waals surface area contributed by atoms with Gasteiger partial charge in [0.15, 0.2) is 12.3 Å². The summed E-state index contributed by atoms with van der Waals surface area (Å²) < 4.78 is 12.2. The Bertz CT molecular complexity index is 1570. The topological polar surface area (TPSA) is 173 Å². The van der Waals surface area contributed by atoms with E-state index in [0.717, 1.165) is 17.7 Å². The number of aliphatic carboxylic acids is 1. The van der Waals surface area contributed by atoms with Crippen LogP contribution in [0, 0.1) is 0 Å². The molecule has 2 fully saturated rings. The molecule has 256 valence electrons. The zero-order valence-electron chi connectivity index (χ0n) is 26.5. The first-order chi connectivity index (χ1) is 23.2. The number of nitrogens with zero attached hydrogens (tertiary/aromatic N) is 5. The quantitative estimate of drug-likeness (QED) is 0.254. The maximum Gasteiger partial charge on any atom is 0.527 e. The molecule has 2 aliphatic rings. The van der Waals surface area contributed by atoms with E-state index < -0.39 is 30.0 Å². The van der Waals surface area contributed by atoms with Crippen LogP contribution in [0.1, 0.15) is 54.0 Å². The van der Waals surface area contributed by atoms with Gasteiger partial charge < -0.3 is 34.5 Å². The standard InChI is InChI=1S/C32H38N6O9S/c1-2-45-32(44)47-36-17-15-35(16-18-36)31(43)23(12-13-29(40)41)33-30(42)24-20-28(38(34-24)22-8-4-3-5-9-22)46-21-27(39)37-14-6-10-25(37)26-11-7-19-48-26/h3-5,7-9,11,19-20,23,25H,2,6,10,12-18,21H2,1H3,(H,33,42)(H,40,41)/t23?,25-/m0/s1. The molecule has 0 aliphatic carbocycles. The molecule has 5 rings (SSSR count). The highest BCUT2D eigenvalue weighted by atomic mass is 32.1. The van der Waals surface area contributed by atoms with E-state index in [1.54, 1.807) is 42.5 Å². The molecular formula is C32H38N6O9S. The molecule has 48 heavy (non-hydrogen) atoms. The lowest BCUT2D eigenvalue weighted by atomic mass is 10.1. The minimum atomic E-state index is -1.16. The molecule has 3 aromatic rings. The summed E-state index contributed by atoms with van der Waals surface area (Å²) in [6.45, 7) is 2.93. The third kappa shape index (κ3) is 8.68. The Kier molecular flexibility index (Phi) is 11.6. The fourth-order valence-electron chi connectivity index (χ4n) is 5.62.